The molecule has 1 aliphatic heterocycles. The van der Waals surface area contributed by atoms with Gasteiger partial charge in [-0.2, -0.15) is 0 Å². The van der Waals surface area contributed by atoms with Crippen LogP contribution in [0.2, 0.25) is 26.0 Å². The molecule has 2 N–H and O–H groups in total. The molecule has 3 aromatic rings. The molecule has 7 heteroatoms. The second-order valence-corrected chi connectivity index (χ2v) is 13.6. The molecule has 1 saturated heterocycles. The SMILES string of the molecule is CB(O)N1C[Si](C)(C)C[C@H]1c1nc2c(ccc3cc(Br)ccc32)[nH]1. The van der Waals surface area contributed by atoms with Gasteiger partial charge in [0.05, 0.1) is 25.1 Å². The Balaban J connectivity index is 1.84. The first-order valence-electron chi connectivity index (χ1n) is 8.36. The van der Waals surface area contributed by atoms with Crippen LogP contribution in [0.3, 0.4) is 0 Å². The number of H-pyrrole nitrogens is 1. The Kier molecular flexibility index (Phi) is 3.87. The summed E-state index contributed by atoms with van der Waals surface area (Å²) in [5.41, 5.74) is 2.09. The molecule has 24 heavy (non-hydrogen) atoms. The Hall–Kier alpha value is -1.15. The molecule has 2 aromatic carbocycles. The fourth-order valence-electron chi connectivity index (χ4n) is 3.91. The highest BCUT2D eigenvalue weighted by Crippen LogP contribution is 2.38. The van der Waals surface area contributed by atoms with E-state index in [1.807, 2.05) is 6.82 Å². The van der Waals surface area contributed by atoms with Gasteiger partial charge in [0.15, 0.2) is 0 Å². The second kappa shape index (κ2) is 5.69. The zero-order chi connectivity index (χ0) is 17.1. The van der Waals surface area contributed by atoms with Crippen molar-refractivity contribution in [2.24, 2.45) is 0 Å². The van der Waals surface area contributed by atoms with Gasteiger partial charge in [0.2, 0.25) is 0 Å². The zero-order valence-electron chi connectivity index (χ0n) is 14.2. The van der Waals surface area contributed by atoms with Crippen molar-refractivity contribution in [1.29, 1.82) is 0 Å². The molecule has 124 valence electrons. The van der Waals surface area contributed by atoms with E-state index in [0.29, 0.717) is 0 Å². The number of imidazole rings is 1. The number of fused-ring (bicyclic) bond motifs is 3. The molecule has 0 radical (unpaired) electrons. The molecular weight excluding hydrogens is 381 g/mol. The lowest BCUT2D eigenvalue weighted by molar-refractivity contribution is 0.350. The van der Waals surface area contributed by atoms with Gasteiger partial charge in [-0.1, -0.05) is 41.2 Å². The molecule has 0 saturated carbocycles. The van der Waals surface area contributed by atoms with Crippen LogP contribution >= 0.6 is 15.9 Å². The predicted octanol–water partition coefficient (Wildman–Crippen LogP) is 4.19. The van der Waals surface area contributed by atoms with E-state index >= 15 is 0 Å². The van der Waals surface area contributed by atoms with Gasteiger partial charge in [-0.05, 0) is 42.6 Å². The zero-order valence-corrected chi connectivity index (χ0v) is 16.8. The lowest BCUT2D eigenvalue weighted by Crippen LogP contribution is -2.40. The lowest BCUT2D eigenvalue weighted by Gasteiger charge is -2.23. The first-order valence-corrected chi connectivity index (χ1v) is 12.6. The summed E-state index contributed by atoms with van der Waals surface area (Å²) in [5, 5.41) is 12.5. The van der Waals surface area contributed by atoms with E-state index in [1.165, 1.54) is 5.39 Å². The highest BCUT2D eigenvalue weighted by molar-refractivity contribution is 9.10. The Labute approximate surface area is 151 Å². The van der Waals surface area contributed by atoms with Crippen LogP contribution in [0.15, 0.2) is 34.8 Å². The van der Waals surface area contributed by atoms with Gasteiger partial charge >= 0.3 is 7.05 Å². The molecule has 4 rings (SSSR count). The maximum absolute atomic E-state index is 10.2. The summed E-state index contributed by atoms with van der Waals surface area (Å²) in [6, 6.07) is 11.8. The lowest BCUT2D eigenvalue weighted by atomic mass is 9.84. The van der Waals surface area contributed by atoms with Gasteiger partial charge in [0, 0.05) is 9.86 Å². The van der Waals surface area contributed by atoms with Crippen molar-refractivity contribution in [2.45, 2.75) is 32.0 Å². The molecule has 1 aromatic heterocycles. The van der Waals surface area contributed by atoms with E-state index in [9.17, 15) is 5.02 Å². The van der Waals surface area contributed by atoms with Crippen molar-refractivity contribution >= 4 is 52.9 Å². The minimum Gasteiger partial charge on any atom is -0.437 e. The number of nitrogens with one attached hydrogen (secondary N) is 1. The van der Waals surface area contributed by atoms with E-state index in [4.69, 9.17) is 4.98 Å². The average molecular weight is 402 g/mol. The third-order valence-corrected chi connectivity index (χ3v) is 8.21. The summed E-state index contributed by atoms with van der Waals surface area (Å²) in [5.74, 6) is 0.986. The highest BCUT2D eigenvalue weighted by Gasteiger charge is 2.43. The van der Waals surface area contributed by atoms with E-state index < -0.39 is 15.1 Å². The summed E-state index contributed by atoms with van der Waals surface area (Å²) in [6.45, 7) is 6.63. The number of halogens is 1. The molecular formula is C17H21BBrN3OSi. The Bertz CT molecular complexity index is 927. The summed E-state index contributed by atoms with van der Waals surface area (Å²) in [7, 11) is -1.76. The topological polar surface area (TPSA) is 52.1 Å². The number of benzene rings is 2. The van der Waals surface area contributed by atoms with Gasteiger partial charge in [-0.15, -0.1) is 0 Å². The van der Waals surface area contributed by atoms with Crippen molar-refractivity contribution in [2.75, 3.05) is 6.17 Å². The molecule has 0 bridgehead atoms. The van der Waals surface area contributed by atoms with Crippen LogP contribution in [0.25, 0.3) is 21.8 Å². The Morgan fingerprint density at radius 1 is 1.33 bits per heavy atom. The van der Waals surface area contributed by atoms with Crippen molar-refractivity contribution in [1.82, 2.24) is 14.8 Å². The molecule has 0 spiro atoms. The third-order valence-electron chi connectivity index (χ3n) is 5.00. The van der Waals surface area contributed by atoms with Crippen LogP contribution in [0.1, 0.15) is 11.9 Å². The van der Waals surface area contributed by atoms with Gasteiger partial charge in [-0.25, -0.2) is 4.98 Å². The minimum absolute atomic E-state index is 0.185. The number of rotatable bonds is 2. The number of hydrogen-bond acceptors (Lipinski definition) is 3. The molecule has 4 nitrogen and oxygen atoms in total. The largest absolute Gasteiger partial charge is 0.437 e. The van der Waals surface area contributed by atoms with E-state index in [1.54, 1.807) is 0 Å². The van der Waals surface area contributed by atoms with Crippen LogP contribution in [0, 0.1) is 0 Å². The molecule has 2 heterocycles. The molecule has 1 atom stereocenters. The number of aromatic nitrogens is 2. The van der Waals surface area contributed by atoms with Gasteiger partial charge in [0.25, 0.3) is 0 Å². The van der Waals surface area contributed by atoms with Crippen molar-refractivity contribution in [3.63, 3.8) is 0 Å². The van der Waals surface area contributed by atoms with Gasteiger partial charge in [-0.3, -0.25) is 0 Å². The summed E-state index contributed by atoms with van der Waals surface area (Å²) in [4.78, 5) is 10.7. The summed E-state index contributed by atoms with van der Waals surface area (Å²) in [6.07, 6.45) is 1.01. The normalized spacial score (nSPS) is 21.0. The smallest absolute Gasteiger partial charge is 0.376 e. The van der Waals surface area contributed by atoms with Crippen LogP contribution in [-0.2, 0) is 0 Å². The number of aromatic amines is 1. The molecule has 0 aliphatic carbocycles. The summed E-state index contributed by atoms with van der Waals surface area (Å²) >= 11 is 3.53. The number of hydrogen-bond donors (Lipinski definition) is 2. The van der Waals surface area contributed by atoms with Gasteiger partial charge < -0.3 is 14.8 Å². The van der Waals surface area contributed by atoms with E-state index in [-0.39, 0.29) is 6.04 Å². The quantitative estimate of drug-likeness (QED) is 0.633. The fourth-order valence-corrected chi connectivity index (χ4v) is 7.36. The van der Waals surface area contributed by atoms with Crippen LogP contribution in [-0.4, -0.2) is 41.1 Å². The first kappa shape index (κ1) is 16.3. The third kappa shape index (κ3) is 2.73. The molecule has 1 fully saturated rings. The molecule has 0 amide bonds. The monoisotopic (exact) mass is 401 g/mol. The fraction of sp³-hybridized carbons (Fsp3) is 0.353. The number of nitrogens with zero attached hydrogens (tertiary/aromatic N) is 2. The van der Waals surface area contributed by atoms with E-state index in [2.05, 4.69) is 69.2 Å². The van der Waals surface area contributed by atoms with Crippen LogP contribution in [0.4, 0.5) is 0 Å². The van der Waals surface area contributed by atoms with Gasteiger partial charge in [0.1, 0.15) is 5.82 Å². The van der Waals surface area contributed by atoms with Crippen LogP contribution < -0.4 is 0 Å². The van der Waals surface area contributed by atoms with Crippen LogP contribution in [0.5, 0.6) is 0 Å². The Morgan fingerprint density at radius 2 is 2.12 bits per heavy atom. The van der Waals surface area contributed by atoms with Crippen molar-refractivity contribution in [3.05, 3.63) is 40.6 Å². The average Bonchev–Trinajstić information content (AvgIpc) is 3.07. The molecule has 1 aliphatic rings. The maximum Gasteiger partial charge on any atom is 0.376 e. The van der Waals surface area contributed by atoms with Crippen molar-refractivity contribution in [3.8, 4) is 0 Å². The minimum atomic E-state index is -1.32. The first-order chi connectivity index (χ1) is 11.3. The van der Waals surface area contributed by atoms with E-state index in [0.717, 1.165) is 38.9 Å². The molecule has 0 unspecified atom stereocenters. The Morgan fingerprint density at radius 3 is 2.88 bits per heavy atom. The standard InChI is InChI=1S/C17H21BBrN3OSi/c1-18(23)22-10-24(2,3)9-15(22)17-20-14-7-4-11-8-12(19)5-6-13(11)16(14)21-17/h4-8,15,23H,9-10H2,1-3H3,(H,20,21)/t15-/m0/s1. The second-order valence-electron chi connectivity index (χ2n) is 7.64. The highest BCUT2D eigenvalue weighted by atomic mass is 79.9. The van der Waals surface area contributed by atoms with Crippen molar-refractivity contribution < 1.29 is 5.02 Å². The maximum atomic E-state index is 10.2. The predicted molar refractivity (Wildman–Crippen MR) is 107 cm³/mol. The summed E-state index contributed by atoms with van der Waals surface area (Å²) < 4.78 is 1.08.